The molecule has 1 atom stereocenters. The summed E-state index contributed by atoms with van der Waals surface area (Å²) < 4.78 is 25.2. The number of hydrogen-bond donors (Lipinski definition) is 0. The molecule has 0 fully saturated rings. The minimum absolute atomic E-state index is 0.171. The number of benzene rings is 2. The van der Waals surface area contributed by atoms with Crippen molar-refractivity contribution in [1.29, 1.82) is 0 Å². The summed E-state index contributed by atoms with van der Waals surface area (Å²) >= 11 is 0. The first-order valence-corrected chi connectivity index (χ1v) is 11.2. The molecule has 28 heavy (non-hydrogen) atoms. The van der Waals surface area contributed by atoms with Crippen LogP contribution in [-0.2, 0) is 16.4 Å². The van der Waals surface area contributed by atoms with Crippen molar-refractivity contribution in [3.05, 3.63) is 77.1 Å². The molecule has 3 aromatic rings. The van der Waals surface area contributed by atoms with Gasteiger partial charge in [-0.2, -0.15) is 5.10 Å². The summed E-state index contributed by atoms with van der Waals surface area (Å²) in [6.07, 6.45) is 1.23. The topological polar surface area (TPSA) is 55.2 Å². The van der Waals surface area contributed by atoms with Crippen LogP contribution in [0.5, 0.6) is 0 Å². The monoisotopic (exact) mass is 397 g/mol. The zero-order valence-electron chi connectivity index (χ0n) is 17.0. The van der Waals surface area contributed by atoms with E-state index in [1.165, 1.54) is 11.8 Å². The zero-order chi connectivity index (χ0) is 20.5. The van der Waals surface area contributed by atoms with Crippen molar-refractivity contribution in [2.75, 3.05) is 13.3 Å². The molecule has 1 heterocycles. The van der Waals surface area contributed by atoms with Gasteiger partial charge in [0.1, 0.15) is 0 Å². The van der Waals surface area contributed by atoms with Crippen molar-refractivity contribution in [2.24, 2.45) is 0 Å². The molecule has 2 aromatic carbocycles. The van der Waals surface area contributed by atoms with Crippen LogP contribution >= 0.6 is 0 Å². The van der Waals surface area contributed by atoms with Crippen molar-refractivity contribution in [3.8, 4) is 5.69 Å². The Morgan fingerprint density at radius 2 is 1.64 bits per heavy atom. The number of rotatable bonds is 6. The highest BCUT2D eigenvalue weighted by Crippen LogP contribution is 2.23. The van der Waals surface area contributed by atoms with E-state index in [1.807, 2.05) is 23.7 Å². The standard InChI is InChI=1S/C22H27N3O2S/c1-16-14-17(2)25(23-16)21-10-6-19(7-11-21)15-24(4)18(3)20-8-12-22(13-9-20)28(5,26)27/h6-14,18H,15H2,1-5H3/t18-/m0/s1. The third-order valence-electron chi connectivity index (χ3n) is 5.07. The van der Waals surface area contributed by atoms with Crippen LogP contribution in [0.3, 0.4) is 0 Å². The van der Waals surface area contributed by atoms with E-state index in [4.69, 9.17) is 0 Å². The number of aryl methyl sites for hydroxylation is 2. The highest BCUT2D eigenvalue weighted by Gasteiger charge is 2.14. The van der Waals surface area contributed by atoms with E-state index < -0.39 is 9.84 Å². The molecular formula is C22H27N3O2S. The van der Waals surface area contributed by atoms with Crippen LogP contribution in [0.4, 0.5) is 0 Å². The summed E-state index contributed by atoms with van der Waals surface area (Å²) in [6.45, 7) is 6.97. The molecule has 5 nitrogen and oxygen atoms in total. The molecule has 6 heteroatoms. The van der Waals surface area contributed by atoms with Gasteiger partial charge in [-0.15, -0.1) is 0 Å². The maximum absolute atomic E-state index is 11.6. The van der Waals surface area contributed by atoms with Gasteiger partial charge >= 0.3 is 0 Å². The lowest BCUT2D eigenvalue weighted by Gasteiger charge is -2.25. The minimum Gasteiger partial charge on any atom is -0.295 e. The van der Waals surface area contributed by atoms with Crippen LogP contribution < -0.4 is 0 Å². The van der Waals surface area contributed by atoms with E-state index in [2.05, 4.69) is 61.2 Å². The van der Waals surface area contributed by atoms with Gasteiger partial charge in [-0.1, -0.05) is 24.3 Å². The van der Waals surface area contributed by atoms with Crippen LogP contribution in [0, 0.1) is 13.8 Å². The molecule has 0 saturated heterocycles. The largest absolute Gasteiger partial charge is 0.295 e. The number of sulfone groups is 1. The average Bonchev–Trinajstić information content (AvgIpc) is 2.99. The summed E-state index contributed by atoms with van der Waals surface area (Å²) in [5.41, 5.74) is 5.49. The lowest BCUT2D eigenvalue weighted by molar-refractivity contribution is 0.253. The lowest BCUT2D eigenvalue weighted by Crippen LogP contribution is -2.22. The molecule has 0 aliphatic carbocycles. The summed E-state index contributed by atoms with van der Waals surface area (Å²) in [5.74, 6) is 0. The summed E-state index contributed by atoms with van der Waals surface area (Å²) in [5, 5.41) is 4.53. The first-order valence-electron chi connectivity index (χ1n) is 9.28. The minimum atomic E-state index is -3.16. The Labute approximate surface area is 167 Å². The van der Waals surface area contributed by atoms with Gasteiger partial charge in [0, 0.05) is 24.5 Å². The van der Waals surface area contributed by atoms with Gasteiger partial charge in [0.05, 0.1) is 16.3 Å². The lowest BCUT2D eigenvalue weighted by atomic mass is 10.1. The van der Waals surface area contributed by atoms with Crippen LogP contribution in [-0.4, -0.2) is 36.4 Å². The van der Waals surface area contributed by atoms with Crippen LogP contribution in [0.2, 0.25) is 0 Å². The van der Waals surface area contributed by atoms with Gasteiger partial charge < -0.3 is 0 Å². The third kappa shape index (κ3) is 4.51. The second kappa shape index (κ2) is 7.89. The maximum atomic E-state index is 11.6. The van der Waals surface area contributed by atoms with E-state index in [0.29, 0.717) is 4.90 Å². The van der Waals surface area contributed by atoms with E-state index in [-0.39, 0.29) is 6.04 Å². The molecule has 0 unspecified atom stereocenters. The van der Waals surface area contributed by atoms with Gasteiger partial charge in [0.2, 0.25) is 0 Å². The van der Waals surface area contributed by atoms with Crippen LogP contribution in [0.15, 0.2) is 59.5 Å². The first kappa shape index (κ1) is 20.3. The number of nitrogens with zero attached hydrogens (tertiary/aromatic N) is 3. The number of hydrogen-bond acceptors (Lipinski definition) is 4. The Hall–Kier alpha value is -2.44. The molecule has 148 valence electrons. The molecule has 1 aromatic heterocycles. The molecule has 0 aliphatic heterocycles. The normalized spacial score (nSPS) is 13.1. The predicted octanol–water partition coefficient (Wildman–Crippen LogP) is 4.09. The highest BCUT2D eigenvalue weighted by molar-refractivity contribution is 7.90. The Morgan fingerprint density at radius 3 is 2.14 bits per heavy atom. The van der Waals surface area contributed by atoms with Gasteiger partial charge in [0.15, 0.2) is 9.84 Å². The quantitative estimate of drug-likeness (QED) is 0.629. The molecule has 3 rings (SSSR count). The summed E-state index contributed by atoms with van der Waals surface area (Å²) in [6, 6.07) is 17.8. The van der Waals surface area contributed by atoms with Crippen molar-refractivity contribution in [2.45, 2.75) is 38.3 Å². The molecule has 0 spiro atoms. The van der Waals surface area contributed by atoms with Crippen LogP contribution in [0.1, 0.15) is 35.5 Å². The molecule has 0 aliphatic rings. The van der Waals surface area contributed by atoms with E-state index in [1.54, 1.807) is 12.1 Å². The molecule has 0 bridgehead atoms. The van der Waals surface area contributed by atoms with Crippen LogP contribution in [0.25, 0.3) is 5.69 Å². The summed E-state index contributed by atoms with van der Waals surface area (Å²) in [7, 11) is -1.09. The molecule has 0 radical (unpaired) electrons. The van der Waals surface area contributed by atoms with Gasteiger partial charge in [-0.25, -0.2) is 13.1 Å². The fourth-order valence-corrected chi connectivity index (χ4v) is 3.94. The average molecular weight is 398 g/mol. The van der Waals surface area contributed by atoms with E-state index in [9.17, 15) is 8.42 Å². The predicted molar refractivity (Wildman–Crippen MR) is 112 cm³/mol. The summed E-state index contributed by atoms with van der Waals surface area (Å²) in [4.78, 5) is 2.60. The van der Waals surface area contributed by atoms with Crippen molar-refractivity contribution < 1.29 is 8.42 Å². The Morgan fingerprint density at radius 1 is 1.04 bits per heavy atom. The van der Waals surface area contributed by atoms with E-state index >= 15 is 0 Å². The zero-order valence-corrected chi connectivity index (χ0v) is 17.9. The third-order valence-corrected chi connectivity index (χ3v) is 6.20. The van der Waals surface area contributed by atoms with Gasteiger partial charge in [0.25, 0.3) is 0 Å². The number of aromatic nitrogens is 2. The molecule has 0 amide bonds. The fraction of sp³-hybridized carbons (Fsp3) is 0.318. The van der Waals surface area contributed by atoms with E-state index in [0.717, 1.165) is 29.2 Å². The Balaban J connectivity index is 1.70. The van der Waals surface area contributed by atoms with Crippen molar-refractivity contribution in [1.82, 2.24) is 14.7 Å². The van der Waals surface area contributed by atoms with Gasteiger partial charge in [-0.05, 0) is 69.3 Å². The first-order chi connectivity index (χ1) is 13.1. The second-order valence-corrected chi connectivity index (χ2v) is 9.45. The van der Waals surface area contributed by atoms with Crippen molar-refractivity contribution in [3.63, 3.8) is 0 Å². The molecule has 0 N–H and O–H groups in total. The Bertz CT molecular complexity index is 1050. The molecule has 0 saturated carbocycles. The fourth-order valence-electron chi connectivity index (χ4n) is 3.31. The second-order valence-electron chi connectivity index (χ2n) is 7.44. The highest BCUT2D eigenvalue weighted by atomic mass is 32.2. The Kier molecular flexibility index (Phi) is 5.72. The van der Waals surface area contributed by atoms with Gasteiger partial charge in [-0.3, -0.25) is 4.90 Å². The van der Waals surface area contributed by atoms with Crippen molar-refractivity contribution >= 4 is 9.84 Å². The maximum Gasteiger partial charge on any atom is 0.175 e. The molecular weight excluding hydrogens is 370 g/mol. The SMILES string of the molecule is Cc1cc(C)n(-c2ccc(CN(C)[C@@H](C)c3ccc(S(C)(=O)=O)cc3)cc2)n1. The smallest absolute Gasteiger partial charge is 0.175 e.